The van der Waals surface area contributed by atoms with E-state index >= 15 is 0 Å². The average molecular weight is 357 g/mol. The van der Waals surface area contributed by atoms with E-state index < -0.39 is 9.90 Å². The number of aliphatic hydroxyl groups is 1. The first-order chi connectivity index (χ1) is 9.86. The molecule has 0 saturated carbocycles. The second-order valence-electron chi connectivity index (χ2n) is 4.61. The Hall–Kier alpha value is -0.600. The van der Waals surface area contributed by atoms with Crippen molar-refractivity contribution in [3.05, 3.63) is 5.82 Å². The summed E-state index contributed by atoms with van der Waals surface area (Å²) in [6.07, 6.45) is -0.551. The van der Waals surface area contributed by atoms with Crippen LogP contribution in [0.4, 0.5) is 11.9 Å². The second-order valence-corrected chi connectivity index (χ2v) is 6.89. The summed E-state index contributed by atoms with van der Waals surface area (Å²) in [4.78, 5) is 14.5. The number of ether oxygens (including phenoxy) is 1. The van der Waals surface area contributed by atoms with Crippen molar-refractivity contribution >= 4 is 46.7 Å². The van der Waals surface area contributed by atoms with Crippen molar-refractivity contribution in [1.82, 2.24) is 15.0 Å². The molecule has 1 aromatic rings. The molecule has 2 rings (SSSR count). The molecule has 1 unspecified atom stereocenters. The maximum absolute atomic E-state index is 9.32. The van der Waals surface area contributed by atoms with E-state index in [1.54, 1.807) is 6.92 Å². The fourth-order valence-electron chi connectivity index (χ4n) is 1.71. The van der Waals surface area contributed by atoms with Gasteiger partial charge in [0.05, 0.1) is 19.3 Å². The highest BCUT2D eigenvalue weighted by atomic mass is 35.6. The van der Waals surface area contributed by atoms with Gasteiger partial charge in [-0.2, -0.15) is 15.0 Å². The lowest BCUT2D eigenvalue weighted by molar-refractivity contribution is 0.122. The predicted molar refractivity (Wildman–Crippen MR) is 82.3 cm³/mol. The van der Waals surface area contributed by atoms with E-state index in [-0.39, 0.29) is 18.3 Å². The third-order valence-electron chi connectivity index (χ3n) is 2.73. The van der Waals surface area contributed by atoms with E-state index in [4.69, 9.17) is 39.5 Å². The van der Waals surface area contributed by atoms with Crippen molar-refractivity contribution < 1.29 is 9.84 Å². The number of aromatic nitrogens is 3. The number of hydrogen-bond acceptors (Lipinski definition) is 7. The number of hydrogen-bond donors (Lipinski definition) is 2. The van der Waals surface area contributed by atoms with Crippen LogP contribution in [0, 0.1) is 0 Å². The number of aliphatic hydroxyl groups excluding tert-OH is 1. The zero-order valence-corrected chi connectivity index (χ0v) is 13.7. The quantitative estimate of drug-likeness (QED) is 0.787. The molecule has 1 fully saturated rings. The van der Waals surface area contributed by atoms with Gasteiger partial charge >= 0.3 is 0 Å². The smallest absolute Gasteiger partial charge is 0.250 e. The van der Waals surface area contributed by atoms with Crippen LogP contribution in [0.25, 0.3) is 0 Å². The van der Waals surface area contributed by atoms with E-state index in [2.05, 4.69) is 20.3 Å². The number of alkyl halides is 3. The van der Waals surface area contributed by atoms with Gasteiger partial charge in [0.2, 0.25) is 15.7 Å². The molecule has 7 nitrogen and oxygen atoms in total. The number of halogens is 3. The Bertz CT molecular complexity index is 477. The summed E-state index contributed by atoms with van der Waals surface area (Å²) in [5.41, 5.74) is 0. The van der Waals surface area contributed by atoms with Crippen molar-refractivity contribution in [3.8, 4) is 0 Å². The standard InChI is InChI=1S/C11H16Cl3N5O2/c1-7(20)6-15-9-16-8(11(12,13)14)17-10(18-9)19-2-4-21-5-3-19/h7,20H,2-6H2,1H3,(H,15,16,17,18). The Labute approximate surface area is 137 Å². The van der Waals surface area contributed by atoms with Gasteiger partial charge < -0.3 is 20.1 Å². The first kappa shape index (κ1) is 16.8. The number of nitrogens with one attached hydrogen (secondary N) is 1. The summed E-state index contributed by atoms with van der Waals surface area (Å²) in [6, 6.07) is 0. The van der Waals surface area contributed by atoms with E-state index in [0.717, 1.165) is 0 Å². The van der Waals surface area contributed by atoms with Crippen LogP contribution in [-0.2, 0) is 8.53 Å². The zero-order chi connectivity index (χ0) is 15.5. The van der Waals surface area contributed by atoms with Crippen LogP contribution in [-0.4, -0.2) is 59.0 Å². The molecule has 2 N–H and O–H groups in total. The lowest BCUT2D eigenvalue weighted by Gasteiger charge is -2.27. The molecule has 0 aliphatic carbocycles. The summed E-state index contributed by atoms with van der Waals surface area (Å²) in [6.45, 7) is 4.41. The maximum Gasteiger partial charge on any atom is 0.250 e. The molecule has 10 heteroatoms. The van der Waals surface area contributed by atoms with Crippen LogP contribution in [0.1, 0.15) is 12.7 Å². The highest BCUT2D eigenvalue weighted by Crippen LogP contribution is 2.36. The van der Waals surface area contributed by atoms with Gasteiger partial charge in [0.25, 0.3) is 0 Å². The Morgan fingerprint density at radius 2 is 1.95 bits per heavy atom. The Morgan fingerprint density at radius 3 is 2.52 bits per heavy atom. The molecule has 0 radical (unpaired) electrons. The van der Waals surface area contributed by atoms with E-state index in [1.165, 1.54) is 0 Å². The molecule has 0 aromatic carbocycles. The molecule has 1 aliphatic heterocycles. The van der Waals surface area contributed by atoms with Gasteiger partial charge in [-0.25, -0.2) is 0 Å². The Kier molecular flexibility index (Phi) is 5.67. The third-order valence-corrected chi connectivity index (χ3v) is 3.23. The normalized spacial score (nSPS) is 17.7. The van der Waals surface area contributed by atoms with Crippen LogP contribution in [0.5, 0.6) is 0 Å². The molecule has 0 amide bonds. The van der Waals surface area contributed by atoms with E-state index in [9.17, 15) is 5.11 Å². The first-order valence-electron chi connectivity index (χ1n) is 6.44. The third kappa shape index (κ3) is 4.96. The van der Waals surface area contributed by atoms with E-state index in [1.807, 2.05) is 4.90 Å². The lowest BCUT2D eigenvalue weighted by atomic mass is 10.4. The van der Waals surface area contributed by atoms with Gasteiger partial charge in [-0.1, -0.05) is 34.8 Å². The topological polar surface area (TPSA) is 83.4 Å². The summed E-state index contributed by atoms with van der Waals surface area (Å²) in [5.74, 6) is 0.716. The number of nitrogens with zero attached hydrogens (tertiary/aromatic N) is 4. The molecule has 1 saturated heterocycles. The molecular weight excluding hydrogens is 341 g/mol. The van der Waals surface area contributed by atoms with Gasteiger partial charge in [0, 0.05) is 19.6 Å². The van der Waals surface area contributed by atoms with Gasteiger partial charge in [-0.05, 0) is 6.92 Å². The van der Waals surface area contributed by atoms with Crippen LogP contribution in [0.2, 0.25) is 0 Å². The van der Waals surface area contributed by atoms with Gasteiger partial charge in [0.15, 0.2) is 5.82 Å². The molecule has 21 heavy (non-hydrogen) atoms. The monoisotopic (exact) mass is 355 g/mol. The summed E-state index contributed by atoms with van der Waals surface area (Å²) in [5, 5.41) is 12.2. The van der Waals surface area contributed by atoms with Crippen molar-refractivity contribution in [2.24, 2.45) is 0 Å². The molecule has 0 spiro atoms. The van der Waals surface area contributed by atoms with Crippen molar-refractivity contribution in [2.45, 2.75) is 16.8 Å². The highest BCUT2D eigenvalue weighted by molar-refractivity contribution is 6.66. The van der Waals surface area contributed by atoms with Crippen molar-refractivity contribution in [3.63, 3.8) is 0 Å². The highest BCUT2D eigenvalue weighted by Gasteiger charge is 2.29. The van der Waals surface area contributed by atoms with Crippen molar-refractivity contribution in [2.75, 3.05) is 43.1 Å². The molecule has 1 aliphatic rings. The fraction of sp³-hybridized carbons (Fsp3) is 0.727. The summed E-state index contributed by atoms with van der Waals surface area (Å²) < 4.78 is 3.54. The van der Waals surface area contributed by atoms with Crippen LogP contribution < -0.4 is 10.2 Å². The van der Waals surface area contributed by atoms with Crippen molar-refractivity contribution in [1.29, 1.82) is 0 Å². The number of anilines is 2. The van der Waals surface area contributed by atoms with Gasteiger partial charge in [0.1, 0.15) is 0 Å². The maximum atomic E-state index is 9.32. The molecule has 2 heterocycles. The minimum Gasteiger partial charge on any atom is -0.392 e. The van der Waals surface area contributed by atoms with Gasteiger partial charge in [-0.15, -0.1) is 0 Å². The van der Waals surface area contributed by atoms with E-state index in [0.29, 0.717) is 32.3 Å². The zero-order valence-electron chi connectivity index (χ0n) is 11.4. The fourth-order valence-corrected chi connectivity index (χ4v) is 1.97. The minimum atomic E-state index is -1.74. The summed E-state index contributed by atoms with van der Waals surface area (Å²) in [7, 11) is 0. The first-order valence-corrected chi connectivity index (χ1v) is 7.57. The summed E-state index contributed by atoms with van der Waals surface area (Å²) >= 11 is 17.6. The molecule has 0 bridgehead atoms. The molecular formula is C11H16Cl3N5O2. The molecule has 118 valence electrons. The van der Waals surface area contributed by atoms with Crippen LogP contribution in [0.3, 0.4) is 0 Å². The lowest BCUT2D eigenvalue weighted by Crippen LogP contribution is -2.38. The number of morpholine rings is 1. The average Bonchev–Trinajstić information content (AvgIpc) is 2.45. The predicted octanol–water partition coefficient (Wildman–Crippen LogP) is 1.33. The van der Waals surface area contributed by atoms with Gasteiger partial charge in [-0.3, -0.25) is 0 Å². The minimum absolute atomic E-state index is 0.0390. The Balaban J connectivity index is 2.27. The molecule has 1 atom stereocenters. The SMILES string of the molecule is CC(O)CNc1nc(N2CCOCC2)nc(C(Cl)(Cl)Cl)n1. The number of rotatable bonds is 4. The van der Waals surface area contributed by atoms with Crippen LogP contribution >= 0.6 is 34.8 Å². The largest absolute Gasteiger partial charge is 0.392 e. The molecule has 1 aromatic heterocycles. The van der Waals surface area contributed by atoms with Crippen LogP contribution in [0.15, 0.2) is 0 Å². The second kappa shape index (κ2) is 7.11. The Morgan fingerprint density at radius 1 is 1.29 bits per heavy atom.